The molecule has 0 heterocycles. The Labute approximate surface area is 94.1 Å². The Balaban J connectivity index is 3.70. The fourth-order valence-corrected chi connectivity index (χ4v) is 1.03. The minimum absolute atomic E-state index is 0.187. The highest BCUT2D eigenvalue weighted by molar-refractivity contribution is 5.95. The van der Waals surface area contributed by atoms with Crippen molar-refractivity contribution in [3.63, 3.8) is 0 Å². The molecule has 0 aliphatic carbocycles. The van der Waals surface area contributed by atoms with E-state index in [1.54, 1.807) is 0 Å². The molecule has 0 aromatic rings. The van der Waals surface area contributed by atoms with Crippen LogP contribution in [0.2, 0.25) is 0 Å². The van der Waals surface area contributed by atoms with Crippen LogP contribution in [0.3, 0.4) is 0 Å². The summed E-state index contributed by atoms with van der Waals surface area (Å²) in [5, 5.41) is 8.22. The Morgan fingerprint density at radius 2 is 1.81 bits per heavy atom. The molecule has 0 aliphatic heterocycles. The van der Waals surface area contributed by atoms with E-state index < -0.39 is 17.9 Å². The molecule has 5 heteroatoms. The Morgan fingerprint density at radius 1 is 1.12 bits per heavy atom. The number of carboxylic acid groups (broad SMARTS) is 1. The van der Waals surface area contributed by atoms with Gasteiger partial charge in [0.1, 0.15) is 0 Å². The van der Waals surface area contributed by atoms with Crippen LogP contribution in [0.25, 0.3) is 0 Å². The van der Waals surface area contributed by atoms with Crippen LogP contribution in [0.4, 0.5) is 0 Å². The first-order valence-electron chi connectivity index (χ1n) is 5.22. The third-order valence-electron chi connectivity index (χ3n) is 1.81. The maximum atomic E-state index is 11.0. The summed E-state index contributed by atoms with van der Waals surface area (Å²) >= 11 is 0. The number of unbranched alkanes of at least 4 members (excludes halogenated alkanes) is 3. The van der Waals surface area contributed by atoms with E-state index in [0.717, 1.165) is 19.3 Å². The number of aliphatic carboxylic acids is 1. The zero-order valence-corrected chi connectivity index (χ0v) is 9.27. The van der Waals surface area contributed by atoms with E-state index in [4.69, 9.17) is 5.11 Å². The second-order valence-corrected chi connectivity index (χ2v) is 3.28. The van der Waals surface area contributed by atoms with Gasteiger partial charge in [0, 0.05) is 18.6 Å². The molecular formula is C11H16O5. The van der Waals surface area contributed by atoms with Gasteiger partial charge < -0.3 is 9.84 Å². The molecule has 0 atom stereocenters. The topological polar surface area (TPSA) is 80.7 Å². The van der Waals surface area contributed by atoms with Crippen molar-refractivity contribution in [2.45, 2.75) is 39.0 Å². The van der Waals surface area contributed by atoms with Crippen molar-refractivity contribution < 1.29 is 24.2 Å². The quantitative estimate of drug-likeness (QED) is 0.310. The molecule has 1 N–H and O–H groups in total. The van der Waals surface area contributed by atoms with Crippen LogP contribution in [0.5, 0.6) is 0 Å². The molecule has 0 aliphatic rings. The zero-order valence-electron chi connectivity index (χ0n) is 9.27. The number of carbonyl (C=O) groups is 3. The maximum absolute atomic E-state index is 11.0. The highest BCUT2D eigenvalue weighted by Gasteiger charge is 2.07. The lowest BCUT2D eigenvalue weighted by molar-refractivity contribution is -0.156. The average molecular weight is 228 g/mol. The van der Waals surface area contributed by atoms with Crippen LogP contribution in [0.1, 0.15) is 39.0 Å². The number of hydrogen-bond donors (Lipinski definition) is 1. The number of carboxylic acids is 1. The fourth-order valence-electron chi connectivity index (χ4n) is 1.03. The van der Waals surface area contributed by atoms with Gasteiger partial charge in [0.25, 0.3) is 0 Å². The highest BCUT2D eigenvalue weighted by atomic mass is 16.6. The molecule has 5 nitrogen and oxygen atoms in total. The first-order chi connectivity index (χ1) is 7.56. The van der Waals surface area contributed by atoms with Crippen LogP contribution in [0.15, 0.2) is 12.2 Å². The Kier molecular flexibility index (Phi) is 7.75. The van der Waals surface area contributed by atoms with Gasteiger partial charge in [-0.05, 0) is 6.42 Å². The van der Waals surface area contributed by atoms with Crippen molar-refractivity contribution in [2.75, 3.05) is 0 Å². The third-order valence-corrected chi connectivity index (χ3v) is 1.81. The molecule has 16 heavy (non-hydrogen) atoms. The predicted molar refractivity (Wildman–Crippen MR) is 56.6 cm³/mol. The van der Waals surface area contributed by atoms with Crippen LogP contribution >= 0.6 is 0 Å². The lowest BCUT2D eigenvalue weighted by atomic mass is 10.2. The van der Waals surface area contributed by atoms with Gasteiger partial charge in [-0.25, -0.2) is 9.59 Å². The van der Waals surface area contributed by atoms with E-state index in [0.29, 0.717) is 18.6 Å². The van der Waals surface area contributed by atoms with Crippen molar-refractivity contribution in [3.05, 3.63) is 12.2 Å². The van der Waals surface area contributed by atoms with Gasteiger partial charge in [0.05, 0.1) is 0 Å². The van der Waals surface area contributed by atoms with E-state index in [1.165, 1.54) is 0 Å². The van der Waals surface area contributed by atoms with Crippen molar-refractivity contribution in [1.82, 2.24) is 0 Å². The van der Waals surface area contributed by atoms with E-state index in [2.05, 4.69) is 11.7 Å². The molecule has 0 saturated carbocycles. The van der Waals surface area contributed by atoms with Gasteiger partial charge in [-0.2, -0.15) is 0 Å². The molecule has 0 fully saturated rings. The summed E-state index contributed by atoms with van der Waals surface area (Å²) in [6.45, 7) is 2.05. The summed E-state index contributed by atoms with van der Waals surface area (Å²) in [7, 11) is 0. The first kappa shape index (κ1) is 14.3. The molecule has 0 aromatic carbocycles. The normalized spacial score (nSPS) is 10.3. The van der Waals surface area contributed by atoms with E-state index in [-0.39, 0.29) is 6.42 Å². The summed E-state index contributed by atoms with van der Waals surface area (Å²) in [6, 6.07) is 0. The highest BCUT2D eigenvalue weighted by Crippen LogP contribution is 2.03. The third kappa shape index (κ3) is 8.93. The van der Waals surface area contributed by atoms with Crippen LogP contribution in [-0.2, 0) is 19.1 Å². The number of esters is 2. The molecule has 0 amide bonds. The van der Waals surface area contributed by atoms with Crippen LogP contribution < -0.4 is 0 Å². The smallest absolute Gasteiger partial charge is 0.338 e. The van der Waals surface area contributed by atoms with Crippen LogP contribution in [0, 0.1) is 0 Å². The molecule has 90 valence electrons. The van der Waals surface area contributed by atoms with Crippen molar-refractivity contribution in [3.8, 4) is 0 Å². The summed E-state index contributed by atoms with van der Waals surface area (Å²) in [4.78, 5) is 31.9. The molecular weight excluding hydrogens is 212 g/mol. The lowest BCUT2D eigenvalue weighted by Crippen LogP contribution is -2.10. The summed E-state index contributed by atoms with van der Waals surface area (Å²) < 4.78 is 4.35. The predicted octanol–water partition coefficient (Wildman–Crippen LogP) is 1.67. The Morgan fingerprint density at radius 3 is 2.38 bits per heavy atom. The van der Waals surface area contributed by atoms with Gasteiger partial charge >= 0.3 is 17.9 Å². The lowest BCUT2D eigenvalue weighted by Gasteiger charge is -1.99. The van der Waals surface area contributed by atoms with Crippen LogP contribution in [-0.4, -0.2) is 23.0 Å². The standard InChI is InChI=1S/C11H16O5/c1-2-3-4-5-6-10(14)16-11(15)8-7-9(12)13/h7-8H,2-6H2,1H3,(H,12,13)/b8-7-. The van der Waals surface area contributed by atoms with Gasteiger partial charge in [0.15, 0.2) is 0 Å². The molecule has 0 radical (unpaired) electrons. The van der Waals surface area contributed by atoms with Gasteiger partial charge in [-0.3, -0.25) is 4.79 Å². The number of rotatable bonds is 7. The number of ether oxygens (including phenoxy) is 1. The number of carbonyl (C=O) groups excluding carboxylic acids is 2. The summed E-state index contributed by atoms with van der Waals surface area (Å²) in [6.07, 6.45) is 5.24. The largest absolute Gasteiger partial charge is 0.478 e. The average Bonchev–Trinajstić information content (AvgIpc) is 2.21. The second-order valence-electron chi connectivity index (χ2n) is 3.28. The minimum atomic E-state index is -1.26. The zero-order chi connectivity index (χ0) is 12.4. The Hall–Kier alpha value is -1.65. The molecule has 0 rings (SSSR count). The van der Waals surface area contributed by atoms with Gasteiger partial charge in [-0.1, -0.05) is 26.2 Å². The van der Waals surface area contributed by atoms with Gasteiger partial charge in [-0.15, -0.1) is 0 Å². The molecule has 0 unspecified atom stereocenters. The van der Waals surface area contributed by atoms with E-state index in [1.807, 2.05) is 0 Å². The molecule has 0 aromatic heterocycles. The fraction of sp³-hybridized carbons (Fsp3) is 0.545. The Bertz CT molecular complexity index is 280. The van der Waals surface area contributed by atoms with E-state index in [9.17, 15) is 14.4 Å². The second kappa shape index (κ2) is 8.64. The molecule has 0 spiro atoms. The molecule has 0 saturated heterocycles. The SMILES string of the molecule is CCCCCCC(=O)OC(=O)/C=C\C(=O)O. The number of hydrogen-bond acceptors (Lipinski definition) is 4. The summed E-state index contributed by atoms with van der Waals surface area (Å²) in [5.41, 5.74) is 0. The molecule has 0 bridgehead atoms. The first-order valence-corrected chi connectivity index (χ1v) is 5.22. The minimum Gasteiger partial charge on any atom is -0.478 e. The monoisotopic (exact) mass is 228 g/mol. The van der Waals surface area contributed by atoms with Crippen molar-refractivity contribution >= 4 is 17.9 Å². The van der Waals surface area contributed by atoms with E-state index >= 15 is 0 Å². The summed E-state index contributed by atoms with van der Waals surface area (Å²) in [5.74, 6) is -2.81. The maximum Gasteiger partial charge on any atom is 0.338 e. The van der Waals surface area contributed by atoms with Crippen molar-refractivity contribution in [1.29, 1.82) is 0 Å². The van der Waals surface area contributed by atoms with Gasteiger partial charge in [0.2, 0.25) is 0 Å². The van der Waals surface area contributed by atoms with Crippen molar-refractivity contribution in [2.24, 2.45) is 0 Å².